The zero-order valence-corrected chi connectivity index (χ0v) is 15.9. The van der Waals surface area contributed by atoms with E-state index in [1.165, 1.54) is 0 Å². The number of benzene rings is 1. The van der Waals surface area contributed by atoms with Gasteiger partial charge in [-0.2, -0.15) is 0 Å². The predicted molar refractivity (Wildman–Crippen MR) is 97.1 cm³/mol. The molecule has 1 fully saturated rings. The van der Waals surface area contributed by atoms with E-state index in [9.17, 15) is 4.79 Å². The Labute approximate surface area is 146 Å². The third-order valence-electron chi connectivity index (χ3n) is 4.21. The lowest BCUT2D eigenvalue weighted by Crippen LogP contribution is -2.40. The molecular formula is C17H26BrN3O2. The van der Waals surface area contributed by atoms with Crippen molar-refractivity contribution in [2.24, 2.45) is 5.92 Å². The second kappa shape index (κ2) is 7.53. The Morgan fingerprint density at radius 3 is 2.78 bits per heavy atom. The van der Waals surface area contributed by atoms with Gasteiger partial charge in [0.25, 0.3) is 0 Å². The van der Waals surface area contributed by atoms with Gasteiger partial charge in [-0.15, -0.1) is 0 Å². The summed E-state index contributed by atoms with van der Waals surface area (Å²) in [5, 5.41) is 5.83. The highest BCUT2D eigenvalue weighted by molar-refractivity contribution is 9.10. The quantitative estimate of drug-likeness (QED) is 0.833. The highest BCUT2D eigenvalue weighted by atomic mass is 79.9. The second-order valence-corrected chi connectivity index (χ2v) is 7.81. The summed E-state index contributed by atoms with van der Waals surface area (Å²) < 4.78 is 6.01. The van der Waals surface area contributed by atoms with E-state index >= 15 is 0 Å². The summed E-state index contributed by atoms with van der Waals surface area (Å²) in [4.78, 5) is 14.6. The number of rotatable bonds is 4. The zero-order valence-electron chi connectivity index (χ0n) is 14.3. The summed E-state index contributed by atoms with van der Waals surface area (Å²) >= 11 is 3.43. The van der Waals surface area contributed by atoms with Gasteiger partial charge in [0.15, 0.2) is 0 Å². The normalized spacial score (nSPS) is 18.7. The fourth-order valence-electron chi connectivity index (χ4n) is 2.74. The Morgan fingerprint density at radius 2 is 2.17 bits per heavy atom. The van der Waals surface area contributed by atoms with Crippen LogP contribution in [0.2, 0.25) is 0 Å². The van der Waals surface area contributed by atoms with Gasteiger partial charge in [-0.1, -0.05) is 0 Å². The van der Waals surface area contributed by atoms with Crippen molar-refractivity contribution in [2.75, 3.05) is 32.1 Å². The SMILES string of the molecule is COc1ccc(Br)c(NC(=O)NCC2CCN(C(C)(C)C)C2)c1. The van der Waals surface area contributed by atoms with Gasteiger partial charge in [0.2, 0.25) is 0 Å². The number of carbonyl (C=O) groups excluding carboxylic acids is 1. The van der Waals surface area contributed by atoms with E-state index in [2.05, 4.69) is 52.2 Å². The van der Waals surface area contributed by atoms with Crippen molar-refractivity contribution >= 4 is 27.6 Å². The number of carbonyl (C=O) groups is 1. The van der Waals surface area contributed by atoms with Gasteiger partial charge in [0, 0.05) is 29.2 Å². The molecule has 2 rings (SSSR count). The lowest BCUT2D eigenvalue weighted by atomic mass is 10.1. The van der Waals surface area contributed by atoms with Gasteiger partial charge >= 0.3 is 6.03 Å². The largest absolute Gasteiger partial charge is 0.497 e. The van der Waals surface area contributed by atoms with E-state index in [4.69, 9.17) is 4.74 Å². The van der Waals surface area contributed by atoms with Crippen LogP contribution in [0, 0.1) is 5.92 Å². The molecule has 1 unspecified atom stereocenters. The minimum absolute atomic E-state index is 0.187. The summed E-state index contributed by atoms with van der Waals surface area (Å²) in [6.45, 7) is 9.52. The topological polar surface area (TPSA) is 53.6 Å². The van der Waals surface area contributed by atoms with Crippen LogP contribution >= 0.6 is 15.9 Å². The van der Waals surface area contributed by atoms with Crippen molar-refractivity contribution in [1.29, 1.82) is 0 Å². The molecule has 128 valence electrons. The van der Waals surface area contributed by atoms with Crippen molar-refractivity contribution in [2.45, 2.75) is 32.7 Å². The number of hydrogen-bond donors (Lipinski definition) is 2. The first kappa shape index (κ1) is 18.1. The standard InChI is InChI=1S/C17H26BrN3O2/c1-17(2,3)21-8-7-12(11-21)10-19-16(22)20-15-9-13(23-4)5-6-14(15)18/h5-6,9,12H,7-8,10-11H2,1-4H3,(H2,19,20,22). The van der Waals surface area contributed by atoms with E-state index in [1.807, 2.05) is 12.1 Å². The smallest absolute Gasteiger partial charge is 0.319 e. The number of hydrogen-bond acceptors (Lipinski definition) is 3. The first-order chi connectivity index (χ1) is 10.8. The van der Waals surface area contributed by atoms with Crippen LogP contribution in [0.15, 0.2) is 22.7 Å². The van der Waals surface area contributed by atoms with Crippen LogP contribution in [0.3, 0.4) is 0 Å². The van der Waals surface area contributed by atoms with Crippen LogP contribution < -0.4 is 15.4 Å². The first-order valence-electron chi connectivity index (χ1n) is 7.93. The molecular weight excluding hydrogens is 358 g/mol. The minimum atomic E-state index is -0.187. The number of amides is 2. The Balaban J connectivity index is 1.82. The Hall–Kier alpha value is -1.27. The molecule has 0 spiro atoms. The summed E-state index contributed by atoms with van der Waals surface area (Å²) in [5.41, 5.74) is 0.896. The molecule has 6 heteroatoms. The van der Waals surface area contributed by atoms with Crippen molar-refractivity contribution in [3.8, 4) is 5.75 Å². The summed E-state index contributed by atoms with van der Waals surface area (Å²) in [5.74, 6) is 1.22. The van der Waals surface area contributed by atoms with E-state index in [0.717, 1.165) is 24.0 Å². The molecule has 1 heterocycles. The highest BCUT2D eigenvalue weighted by Gasteiger charge is 2.30. The zero-order chi connectivity index (χ0) is 17.0. The van der Waals surface area contributed by atoms with Crippen molar-refractivity contribution in [1.82, 2.24) is 10.2 Å². The van der Waals surface area contributed by atoms with Gasteiger partial charge in [0.05, 0.1) is 12.8 Å². The average molecular weight is 384 g/mol. The van der Waals surface area contributed by atoms with Crippen LogP contribution in [0.25, 0.3) is 0 Å². The molecule has 0 aliphatic carbocycles. The number of likely N-dealkylation sites (tertiary alicyclic amines) is 1. The van der Waals surface area contributed by atoms with Crippen LogP contribution in [-0.2, 0) is 0 Å². The fraction of sp³-hybridized carbons (Fsp3) is 0.588. The van der Waals surface area contributed by atoms with E-state index in [-0.39, 0.29) is 11.6 Å². The number of methoxy groups -OCH3 is 1. The molecule has 1 atom stereocenters. The Bertz CT molecular complexity index is 557. The number of anilines is 1. The number of halogens is 1. The first-order valence-corrected chi connectivity index (χ1v) is 8.72. The summed E-state index contributed by atoms with van der Waals surface area (Å²) in [7, 11) is 1.61. The average Bonchev–Trinajstić information content (AvgIpc) is 2.96. The fourth-order valence-corrected chi connectivity index (χ4v) is 3.08. The number of urea groups is 1. The third kappa shape index (κ3) is 5.11. The van der Waals surface area contributed by atoms with Gasteiger partial charge in [0.1, 0.15) is 5.75 Å². The second-order valence-electron chi connectivity index (χ2n) is 6.95. The maximum Gasteiger partial charge on any atom is 0.319 e. The molecule has 2 N–H and O–H groups in total. The Morgan fingerprint density at radius 1 is 1.43 bits per heavy atom. The lowest BCUT2D eigenvalue weighted by molar-refractivity contribution is 0.168. The highest BCUT2D eigenvalue weighted by Crippen LogP contribution is 2.27. The molecule has 0 aromatic heterocycles. The Kier molecular flexibility index (Phi) is 5.92. The van der Waals surface area contributed by atoms with Crippen LogP contribution in [0.1, 0.15) is 27.2 Å². The molecule has 0 saturated carbocycles. The van der Waals surface area contributed by atoms with E-state index in [0.29, 0.717) is 23.9 Å². The number of nitrogens with zero attached hydrogens (tertiary/aromatic N) is 1. The van der Waals surface area contributed by atoms with Gasteiger partial charge in [-0.3, -0.25) is 4.90 Å². The van der Waals surface area contributed by atoms with Crippen LogP contribution in [0.4, 0.5) is 10.5 Å². The van der Waals surface area contributed by atoms with Crippen LogP contribution in [0.5, 0.6) is 5.75 Å². The third-order valence-corrected chi connectivity index (χ3v) is 4.90. The van der Waals surface area contributed by atoms with E-state index < -0.39 is 0 Å². The lowest BCUT2D eigenvalue weighted by Gasteiger charge is -2.31. The number of nitrogens with one attached hydrogen (secondary N) is 2. The maximum atomic E-state index is 12.1. The predicted octanol–water partition coefficient (Wildman–Crippen LogP) is 3.70. The summed E-state index contributed by atoms with van der Waals surface area (Å²) in [6, 6.07) is 5.30. The molecule has 2 amide bonds. The minimum Gasteiger partial charge on any atom is -0.497 e. The van der Waals surface area contributed by atoms with Gasteiger partial charge in [-0.25, -0.2) is 4.79 Å². The molecule has 1 saturated heterocycles. The molecule has 0 radical (unpaired) electrons. The summed E-state index contributed by atoms with van der Waals surface area (Å²) in [6.07, 6.45) is 1.13. The monoisotopic (exact) mass is 383 g/mol. The molecule has 0 bridgehead atoms. The van der Waals surface area contributed by atoms with Crippen LogP contribution in [-0.4, -0.2) is 43.2 Å². The van der Waals surface area contributed by atoms with Crippen molar-refractivity contribution in [3.05, 3.63) is 22.7 Å². The molecule has 1 aliphatic heterocycles. The van der Waals surface area contributed by atoms with Gasteiger partial charge in [-0.05, 0) is 67.7 Å². The van der Waals surface area contributed by atoms with E-state index in [1.54, 1.807) is 13.2 Å². The van der Waals surface area contributed by atoms with Crippen molar-refractivity contribution < 1.29 is 9.53 Å². The maximum absolute atomic E-state index is 12.1. The molecule has 23 heavy (non-hydrogen) atoms. The molecule has 1 aromatic carbocycles. The molecule has 1 aromatic rings. The van der Waals surface area contributed by atoms with Crippen molar-refractivity contribution in [3.63, 3.8) is 0 Å². The number of ether oxygens (including phenoxy) is 1. The molecule has 5 nitrogen and oxygen atoms in total. The van der Waals surface area contributed by atoms with Gasteiger partial charge < -0.3 is 15.4 Å². The molecule has 1 aliphatic rings.